The van der Waals surface area contributed by atoms with Crippen molar-refractivity contribution >= 4 is 5.91 Å². The van der Waals surface area contributed by atoms with E-state index in [2.05, 4.69) is 15.5 Å². The van der Waals surface area contributed by atoms with E-state index in [9.17, 15) is 4.79 Å². The van der Waals surface area contributed by atoms with Crippen LogP contribution in [0.1, 0.15) is 42.7 Å². The van der Waals surface area contributed by atoms with Gasteiger partial charge in [-0.25, -0.2) is 0 Å². The Morgan fingerprint density at radius 1 is 1.62 bits per heavy atom. The van der Waals surface area contributed by atoms with Crippen LogP contribution in [0, 0.1) is 0 Å². The Kier molecular flexibility index (Phi) is 2.91. The summed E-state index contributed by atoms with van der Waals surface area (Å²) in [7, 11) is 0. The zero-order valence-corrected chi connectivity index (χ0v) is 9.32. The van der Waals surface area contributed by atoms with Crippen molar-refractivity contribution in [2.75, 3.05) is 13.1 Å². The van der Waals surface area contributed by atoms with Gasteiger partial charge in [0.05, 0.1) is 5.41 Å². The average Bonchev–Trinajstić information content (AvgIpc) is 2.67. The van der Waals surface area contributed by atoms with Gasteiger partial charge in [-0.3, -0.25) is 4.79 Å². The van der Waals surface area contributed by atoms with E-state index in [0.29, 0.717) is 19.0 Å². The predicted octanol–water partition coefficient (Wildman–Crippen LogP) is 0.200. The molecule has 0 bridgehead atoms. The van der Waals surface area contributed by atoms with E-state index in [-0.39, 0.29) is 17.1 Å². The molecule has 3 N–H and O–H groups in total. The fourth-order valence-electron chi connectivity index (χ4n) is 1.88. The van der Waals surface area contributed by atoms with Crippen molar-refractivity contribution in [3.05, 3.63) is 11.7 Å². The maximum absolute atomic E-state index is 11.5. The standard InChI is InChI=1S/C10H16N4O2/c1-2-12-8(15)7-13-9(16-14-7)10(6-11)4-3-5-10/h2-6,11H2,1H3,(H,12,15). The van der Waals surface area contributed by atoms with Crippen LogP contribution in [0.5, 0.6) is 0 Å². The van der Waals surface area contributed by atoms with E-state index in [1.165, 1.54) is 0 Å². The molecule has 16 heavy (non-hydrogen) atoms. The van der Waals surface area contributed by atoms with Gasteiger partial charge in [-0.15, -0.1) is 0 Å². The van der Waals surface area contributed by atoms with Gasteiger partial charge in [0.15, 0.2) is 0 Å². The van der Waals surface area contributed by atoms with Gasteiger partial charge < -0.3 is 15.6 Å². The minimum Gasteiger partial charge on any atom is -0.349 e. The van der Waals surface area contributed by atoms with Crippen molar-refractivity contribution in [3.63, 3.8) is 0 Å². The third-order valence-electron chi connectivity index (χ3n) is 3.12. The Bertz CT molecular complexity index is 378. The number of nitrogens with one attached hydrogen (secondary N) is 1. The van der Waals surface area contributed by atoms with Crippen molar-refractivity contribution in [3.8, 4) is 0 Å². The molecule has 0 aromatic carbocycles. The molecule has 0 atom stereocenters. The molecular weight excluding hydrogens is 208 g/mol. The lowest BCUT2D eigenvalue weighted by Gasteiger charge is -2.36. The molecule has 0 saturated heterocycles. The second-order valence-corrected chi connectivity index (χ2v) is 4.12. The zero-order valence-electron chi connectivity index (χ0n) is 9.32. The minimum absolute atomic E-state index is 0.0941. The summed E-state index contributed by atoms with van der Waals surface area (Å²) in [6, 6.07) is 0. The Hall–Kier alpha value is -1.43. The first-order valence-corrected chi connectivity index (χ1v) is 5.54. The minimum atomic E-state index is -0.302. The van der Waals surface area contributed by atoms with Gasteiger partial charge in [0.25, 0.3) is 11.7 Å². The molecule has 0 unspecified atom stereocenters. The van der Waals surface area contributed by atoms with Crippen molar-refractivity contribution < 1.29 is 9.32 Å². The van der Waals surface area contributed by atoms with Crippen molar-refractivity contribution in [2.45, 2.75) is 31.6 Å². The zero-order chi connectivity index (χ0) is 11.6. The van der Waals surface area contributed by atoms with Gasteiger partial charge in [0, 0.05) is 13.1 Å². The molecule has 0 spiro atoms. The van der Waals surface area contributed by atoms with Crippen LogP contribution >= 0.6 is 0 Å². The number of hydrogen-bond acceptors (Lipinski definition) is 5. The fraction of sp³-hybridized carbons (Fsp3) is 0.700. The van der Waals surface area contributed by atoms with Crippen LogP contribution in [0.25, 0.3) is 0 Å². The molecule has 1 aromatic rings. The van der Waals surface area contributed by atoms with E-state index in [4.69, 9.17) is 10.3 Å². The Labute approximate surface area is 93.6 Å². The molecule has 1 aromatic heterocycles. The summed E-state index contributed by atoms with van der Waals surface area (Å²) < 4.78 is 5.13. The Morgan fingerprint density at radius 3 is 2.88 bits per heavy atom. The van der Waals surface area contributed by atoms with Crippen LogP contribution in [-0.2, 0) is 5.41 Å². The van der Waals surface area contributed by atoms with Crippen molar-refractivity contribution in [1.82, 2.24) is 15.5 Å². The summed E-state index contributed by atoms with van der Waals surface area (Å²) in [5, 5.41) is 6.30. The number of carbonyl (C=O) groups excluding carboxylic acids is 1. The van der Waals surface area contributed by atoms with E-state index < -0.39 is 0 Å². The molecule has 88 valence electrons. The van der Waals surface area contributed by atoms with E-state index in [1.807, 2.05) is 6.92 Å². The maximum Gasteiger partial charge on any atom is 0.292 e. The molecule has 1 fully saturated rings. The average molecular weight is 224 g/mol. The number of amides is 1. The molecule has 6 heteroatoms. The quantitative estimate of drug-likeness (QED) is 0.761. The lowest BCUT2D eigenvalue weighted by atomic mass is 9.69. The molecule has 6 nitrogen and oxygen atoms in total. The molecule has 0 aliphatic heterocycles. The molecule has 1 saturated carbocycles. The summed E-state index contributed by atoms with van der Waals surface area (Å²) >= 11 is 0. The fourth-order valence-corrected chi connectivity index (χ4v) is 1.88. The third kappa shape index (κ3) is 1.69. The summed E-state index contributed by atoms with van der Waals surface area (Å²) in [4.78, 5) is 15.6. The summed E-state index contributed by atoms with van der Waals surface area (Å²) in [6.07, 6.45) is 3.04. The van der Waals surface area contributed by atoms with Crippen LogP contribution in [0.3, 0.4) is 0 Å². The summed E-state index contributed by atoms with van der Waals surface area (Å²) in [5.41, 5.74) is 5.53. The second kappa shape index (κ2) is 4.21. The normalized spacial score (nSPS) is 17.9. The maximum atomic E-state index is 11.5. The number of nitrogens with two attached hydrogens (primary N) is 1. The summed E-state index contributed by atoms with van der Waals surface area (Å²) in [6.45, 7) is 2.88. The van der Waals surface area contributed by atoms with Gasteiger partial charge >= 0.3 is 0 Å². The molecule has 1 amide bonds. The lowest BCUT2D eigenvalue weighted by molar-refractivity contribution is 0.0942. The number of aromatic nitrogens is 2. The number of rotatable bonds is 4. The third-order valence-corrected chi connectivity index (χ3v) is 3.12. The predicted molar refractivity (Wildman–Crippen MR) is 56.9 cm³/mol. The first-order valence-electron chi connectivity index (χ1n) is 5.54. The number of nitrogens with zero attached hydrogens (tertiary/aromatic N) is 2. The van der Waals surface area contributed by atoms with Crippen LogP contribution in [0.4, 0.5) is 0 Å². The largest absolute Gasteiger partial charge is 0.349 e. The highest BCUT2D eigenvalue weighted by Crippen LogP contribution is 2.41. The van der Waals surface area contributed by atoms with Crippen LogP contribution in [-0.4, -0.2) is 29.1 Å². The van der Waals surface area contributed by atoms with Crippen molar-refractivity contribution in [1.29, 1.82) is 0 Å². The van der Waals surface area contributed by atoms with Crippen LogP contribution in [0.2, 0.25) is 0 Å². The Balaban J connectivity index is 2.16. The van der Waals surface area contributed by atoms with Gasteiger partial charge in [-0.05, 0) is 19.8 Å². The van der Waals surface area contributed by atoms with E-state index in [1.54, 1.807) is 0 Å². The smallest absolute Gasteiger partial charge is 0.292 e. The highest BCUT2D eigenvalue weighted by molar-refractivity contribution is 5.90. The lowest BCUT2D eigenvalue weighted by Crippen LogP contribution is -2.42. The molecule has 1 aliphatic carbocycles. The molecule has 2 rings (SSSR count). The molecule has 0 radical (unpaired) electrons. The van der Waals surface area contributed by atoms with Gasteiger partial charge in [0.2, 0.25) is 5.89 Å². The summed E-state index contributed by atoms with van der Waals surface area (Å²) in [5.74, 6) is 0.295. The van der Waals surface area contributed by atoms with Crippen LogP contribution in [0.15, 0.2) is 4.52 Å². The SMILES string of the molecule is CCNC(=O)c1noc(C2(CN)CCC2)n1. The number of carbonyl (C=O) groups is 1. The first-order chi connectivity index (χ1) is 7.72. The monoisotopic (exact) mass is 224 g/mol. The second-order valence-electron chi connectivity index (χ2n) is 4.12. The van der Waals surface area contributed by atoms with Gasteiger partial charge in [-0.1, -0.05) is 11.6 Å². The molecular formula is C10H16N4O2. The van der Waals surface area contributed by atoms with E-state index >= 15 is 0 Å². The Morgan fingerprint density at radius 2 is 2.38 bits per heavy atom. The highest BCUT2D eigenvalue weighted by atomic mass is 16.5. The highest BCUT2D eigenvalue weighted by Gasteiger charge is 2.42. The van der Waals surface area contributed by atoms with Crippen LogP contribution < -0.4 is 11.1 Å². The first kappa shape index (κ1) is 11.1. The molecule has 1 aliphatic rings. The topological polar surface area (TPSA) is 94.0 Å². The van der Waals surface area contributed by atoms with Gasteiger partial charge in [-0.2, -0.15) is 4.98 Å². The van der Waals surface area contributed by atoms with Gasteiger partial charge in [0.1, 0.15) is 0 Å². The van der Waals surface area contributed by atoms with Crippen molar-refractivity contribution in [2.24, 2.45) is 5.73 Å². The van der Waals surface area contributed by atoms with E-state index in [0.717, 1.165) is 19.3 Å². The number of hydrogen-bond donors (Lipinski definition) is 2. The molecule has 1 heterocycles.